The number of nitrogens with zero attached hydrogens (tertiary/aromatic N) is 1. The van der Waals surface area contributed by atoms with Crippen LogP contribution in [0.15, 0.2) is 24.3 Å². The van der Waals surface area contributed by atoms with Gasteiger partial charge in [0.1, 0.15) is 0 Å². The summed E-state index contributed by atoms with van der Waals surface area (Å²) >= 11 is 4.28. The molecule has 3 N–H and O–H groups in total. The van der Waals surface area contributed by atoms with E-state index >= 15 is 0 Å². The maximum Gasteiger partial charge on any atom is 0.265 e. The number of hydrogen-bond donors (Lipinski definition) is 3. The molecule has 0 spiro atoms. The molecule has 0 bridgehead atoms. The maximum absolute atomic E-state index is 11.7. The van der Waals surface area contributed by atoms with Crippen molar-refractivity contribution < 1.29 is 9.59 Å². The van der Waals surface area contributed by atoms with Crippen LogP contribution in [0.5, 0.6) is 0 Å². The Bertz CT molecular complexity index is 464. The number of nitrogen functional groups attached to an aromatic ring is 1. The Kier molecular flexibility index (Phi) is 3.35. The van der Waals surface area contributed by atoms with Crippen LogP contribution in [0.1, 0.15) is 16.8 Å². The van der Waals surface area contributed by atoms with E-state index in [1.54, 1.807) is 29.2 Å². The minimum absolute atomic E-state index is 0.0234. The van der Waals surface area contributed by atoms with Crippen LogP contribution < -0.4 is 16.2 Å². The maximum atomic E-state index is 11.7. The van der Waals surface area contributed by atoms with Gasteiger partial charge in [0.2, 0.25) is 5.91 Å². The summed E-state index contributed by atoms with van der Waals surface area (Å²) in [4.78, 5) is 24.7. The zero-order valence-corrected chi connectivity index (χ0v) is 9.98. The standard InChI is InChI=1S/C11H13N3O2S/c12-13-11(16)7-2-1-3-8(4-7)14-6-9(17)5-10(14)15/h1-4,9,17H,5-6,12H2,(H,13,16). The smallest absolute Gasteiger partial charge is 0.265 e. The van der Waals surface area contributed by atoms with Crippen LogP contribution >= 0.6 is 12.6 Å². The zero-order valence-electron chi connectivity index (χ0n) is 9.09. The topological polar surface area (TPSA) is 75.4 Å². The molecule has 1 fully saturated rings. The molecule has 2 rings (SSSR count). The van der Waals surface area contributed by atoms with Crippen LogP contribution in [0, 0.1) is 0 Å². The predicted molar refractivity (Wildman–Crippen MR) is 67.8 cm³/mol. The molecule has 0 saturated carbocycles. The van der Waals surface area contributed by atoms with Crippen molar-refractivity contribution in [3.8, 4) is 0 Å². The fourth-order valence-corrected chi connectivity index (χ4v) is 2.16. The lowest BCUT2D eigenvalue weighted by Crippen LogP contribution is -2.30. The Morgan fingerprint density at radius 2 is 2.29 bits per heavy atom. The third-order valence-corrected chi connectivity index (χ3v) is 3.00. The van der Waals surface area contributed by atoms with Crippen molar-refractivity contribution >= 4 is 30.1 Å². The second kappa shape index (κ2) is 4.77. The van der Waals surface area contributed by atoms with Crippen molar-refractivity contribution in [3.05, 3.63) is 29.8 Å². The molecule has 1 saturated heterocycles. The van der Waals surface area contributed by atoms with Crippen molar-refractivity contribution in [2.75, 3.05) is 11.4 Å². The van der Waals surface area contributed by atoms with Crippen LogP contribution in [-0.4, -0.2) is 23.6 Å². The van der Waals surface area contributed by atoms with Gasteiger partial charge in [-0.05, 0) is 18.2 Å². The fraction of sp³-hybridized carbons (Fsp3) is 0.273. The molecule has 0 radical (unpaired) electrons. The van der Waals surface area contributed by atoms with Gasteiger partial charge in [-0.25, -0.2) is 5.84 Å². The van der Waals surface area contributed by atoms with Gasteiger partial charge in [-0.15, -0.1) is 0 Å². The SMILES string of the molecule is NNC(=O)c1cccc(N2CC(S)CC2=O)c1. The molecule has 90 valence electrons. The van der Waals surface area contributed by atoms with Gasteiger partial charge in [-0.3, -0.25) is 15.0 Å². The molecule has 1 aliphatic rings. The largest absolute Gasteiger partial charge is 0.311 e. The number of nitrogens with one attached hydrogen (secondary N) is 1. The molecule has 1 unspecified atom stereocenters. The monoisotopic (exact) mass is 251 g/mol. The normalized spacial score (nSPS) is 19.5. The minimum Gasteiger partial charge on any atom is -0.311 e. The summed E-state index contributed by atoms with van der Waals surface area (Å²) in [6.45, 7) is 0.565. The minimum atomic E-state index is -0.374. The molecule has 17 heavy (non-hydrogen) atoms. The Balaban J connectivity index is 2.27. The highest BCUT2D eigenvalue weighted by Crippen LogP contribution is 2.24. The van der Waals surface area contributed by atoms with Gasteiger partial charge in [0.15, 0.2) is 0 Å². The van der Waals surface area contributed by atoms with Gasteiger partial charge >= 0.3 is 0 Å². The molecule has 1 heterocycles. The van der Waals surface area contributed by atoms with Gasteiger partial charge in [0.05, 0.1) is 0 Å². The summed E-state index contributed by atoms with van der Waals surface area (Å²) in [6.07, 6.45) is 0.427. The van der Waals surface area contributed by atoms with Gasteiger partial charge in [0.25, 0.3) is 5.91 Å². The number of hydrogen-bond acceptors (Lipinski definition) is 4. The molecule has 1 atom stereocenters. The summed E-state index contributed by atoms with van der Waals surface area (Å²) in [5.74, 6) is 4.71. The average Bonchev–Trinajstić information content (AvgIpc) is 2.67. The van der Waals surface area contributed by atoms with Gasteiger partial charge in [0, 0.05) is 29.5 Å². The molecule has 1 aromatic rings. The summed E-state index contributed by atoms with van der Waals surface area (Å²) in [6, 6.07) is 6.80. The van der Waals surface area contributed by atoms with E-state index in [9.17, 15) is 9.59 Å². The van der Waals surface area contributed by atoms with Crippen molar-refractivity contribution in [3.63, 3.8) is 0 Å². The first-order valence-corrected chi connectivity index (χ1v) is 5.73. The van der Waals surface area contributed by atoms with Gasteiger partial charge < -0.3 is 4.90 Å². The lowest BCUT2D eigenvalue weighted by atomic mass is 10.2. The highest BCUT2D eigenvalue weighted by atomic mass is 32.1. The summed E-state index contributed by atoms with van der Waals surface area (Å²) < 4.78 is 0. The average molecular weight is 251 g/mol. The van der Waals surface area contributed by atoms with Crippen molar-refractivity contribution in [2.45, 2.75) is 11.7 Å². The van der Waals surface area contributed by atoms with E-state index in [0.717, 1.165) is 0 Å². The number of rotatable bonds is 2. The number of amides is 2. The molecule has 6 heteroatoms. The number of benzene rings is 1. The van der Waals surface area contributed by atoms with Crippen molar-refractivity contribution in [2.24, 2.45) is 5.84 Å². The number of thiol groups is 1. The molecule has 2 amide bonds. The summed E-state index contributed by atoms with van der Waals surface area (Å²) in [5.41, 5.74) is 3.19. The molecule has 0 aliphatic carbocycles. The van der Waals surface area contributed by atoms with E-state index in [1.807, 2.05) is 0 Å². The number of carbonyl (C=O) groups is 2. The molecule has 1 aromatic carbocycles. The molecule has 0 aromatic heterocycles. The second-order valence-corrected chi connectivity index (χ2v) is 4.62. The highest BCUT2D eigenvalue weighted by Gasteiger charge is 2.28. The van der Waals surface area contributed by atoms with Crippen molar-refractivity contribution in [1.29, 1.82) is 0 Å². The Morgan fingerprint density at radius 3 is 2.88 bits per heavy atom. The van der Waals surface area contributed by atoms with Crippen molar-refractivity contribution in [1.82, 2.24) is 5.43 Å². The van der Waals surface area contributed by atoms with Crippen LogP contribution in [0.4, 0.5) is 5.69 Å². The van der Waals surface area contributed by atoms with E-state index in [-0.39, 0.29) is 17.1 Å². The quantitative estimate of drug-likeness (QED) is 0.307. The Labute approximate surface area is 104 Å². The lowest BCUT2D eigenvalue weighted by molar-refractivity contribution is -0.117. The first kappa shape index (κ1) is 11.9. The van der Waals surface area contributed by atoms with E-state index in [1.165, 1.54) is 0 Å². The molecular formula is C11H13N3O2S. The molecular weight excluding hydrogens is 238 g/mol. The Morgan fingerprint density at radius 1 is 1.53 bits per heavy atom. The lowest BCUT2D eigenvalue weighted by Gasteiger charge is -2.16. The number of anilines is 1. The van der Waals surface area contributed by atoms with Gasteiger partial charge in [-0.1, -0.05) is 6.07 Å². The highest BCUT2D eigenvalue weighted by molar-refractivity contribution is 7.81. The summed E-state index contributed by atoms with van der Waals surface area (Å²) in [5, 5.41) is 0.0505. The first-order valence-electron chi connectivity index (χ1n) is 5.21. The Hall–Kier alpha value is -1.53. The van der Waals surface area contributed by atoms with Crippen LogP contribution in [-0.2, 0) is 4.79 Å². The zero-order chi connectivity index (χ0) is 12.4. The van der Waals surface area contributed by atoms with E-state index in [4.69, 9.17) is 5.84 Å². The number of carbonyl (C=O) groups excluding carboxylic acids is 2. The number of hydrazine groups is 1. The number of nitrogens with two attached hydrogens (primary N) is 1. The van der Waals surface area contributed by atoms with Crippen LogP contribution in [0.25, 0.3) is 0 Å². The second-order valence-electron chi connectivity index (χ2n) is 3.89. The van der Waals surface area contributed by atoms with Gasteiger partial charge in [-0.2, -0.15) is 12.6 Å². The summed E-state index contributed by atoms with van der Waals surface area (Å²) in [7, 11) is 0. The molecule has 1 aliphatic heterocycles. The van der Waals surface area contributed by atoms with E-state index in [2.05, 4.69) is 18.1 Å². The van der Waals surface area contributed by atoms with E-state index in [0.29, 0.717) is 24.2 Å². The fourth-order valence-electron chi connectivity index (χ4n) is 1.84. The third-order valence-electron chi connectivity index (χ3n) is 2.66. The first-order chi connectivity index (χ1) is 8.11. The predicted octanol–water partition coefficient (Wildman–Crippen LogP) is 0.325. The van der Waals surface area contributed by atoms with E-state index < -0.39 is 0 Å². The van der Waals surface area contributed by atoms with Crippen LogP contribution in [0.2, 0.25) is 0 Å². The van der Waals surface area contributed by atoms with Crippen LogP contribution in [0.3, 0.4) is 0 Å². The molecule has 5 nitrogen and oxygen atoms in total. The third kappa shape index (κ3) is 2.42.